The zero-order chi connectivity index (χ0) is 13.8. The Kier molecular flexibility index (Phi) is 3.94. The SMILES string of the molecule is Fc1nc(F)c(F)c(C/C=C/c2ccccc2)c1F. The van der Waals surface area contributed by atoms with Crippen LogP contribution < -0.4 is 0 Å². The van der Waals surface area contributed by atoms with Crippen LogP contribution in [0.4, 0.5) is 17.6 Å². The molecule has 0 saturated carbocycles. The molecule has 0 aliphatic rings. The molecule has 2 rings (SSSR count). The summed E-state index contributed by atoms with van der Waals surface area (Å²) in [6.07, 6.45) is 2.77. The van der Waals surface area contributed by atoms with E-state index in [4.69, 9.17) is 0 Å². The van der Waals surface area contributed by atoms with Crippen LogP contribution in [0.2, 0.25) is 0 Å². The Labute approximate surface area is 107 Å². The average molecular weight is 267 g/mol. The number of rotatable bonds is 3. The molecular formula is C14H9F4N. The molecule has 0 bridgehead atoms. The Morgan fingerprint density at radius 1 is 0.895 bits per heavy atom. The number of hydrogen-bond acceptors (Lipinski definition) is 1. The average Bonchev–Trinajstić information content (AvgIpc) is 2.42. The normalized spacial score (nSPS) is 11.2. The fourth-order valence-corrected chi connectivity index (χ4v) is 1.59. The monoisotopic (exact) mass is 267 g/mol. The second-order valence-corrected chi connectivity index (χ2v) is 3.82. The van der Waals surface area contributed by atoms with Crippen LogP contribution in [0.5, 0.6) is 0 Å². The van der Waals surface area contributed by atoms with Gasteiger partial charge in [0, 0.05) is 5.56 Å². The highest BCUT2D eigenvalue weighted by molar-refractivity contribution is 5.49. The molecule has 0 spiro atoms. The highest BCUT2D eigenvalue weighted by atomic mass is 19.2. The molecule has 0 amide bonds. The summed E-state index contributed by atoms with van der Waals surface area (Å²) in [6, 6.07) is 9.00. The molecule has 98 valence electrons. The summed E-state index contributed by atoms with van der Waals surface area (Å²) < 4.78 is 52.3. The molecule has 0 aliphatic carbocycles. The van der Waals surface area contributed by atoms with E-state index in [1.807, 2.05) is 6.07 Å². The fraction of sp³-hybridized carbons (Fsp3) is 0.0714. The number of halogens is 4. The Bertz CT molecular complexity index is 582. The summed E-state index contributed by atoms with van der Waals surface area (Å²) in [7, 11) is 0. The van der Waals surface area contributed by atoms with E-state index in [-0.39, 0.29) is 6.42 Å². The minimum Gasteiger partial charge on any atom is -0.202 e. The first-order chi connectivity index (χ1) is 9.09. The Morgan fingerprint density at radius 2 is 1.47 bits per heavy atom. The molecule has 0 fully saturated rings. The van der Waals surface area contributed by atoms with E-state index in [1.165, 1.54) is 6.08 Å². The maximum absolute atomic E-state index is 13.3. The molecule has 0 N–H and O–H groups in total. The molecule has 0 atom stereocenters. The lowest BCUT2D eigenvalue weighted by atomic mass is 10.1. The van der Waals surface area contributed by atoms with Crippen LogP contribution >= 0.6 is 0 Å². The third kappa shape index (κ3) is 2.99. The number of allylic oxidation sites excluding steroid dienone is 1. The van der Waals surface area contributed by atoms with Gasteiger partial charge in [0.1, 0.15) is 0 Å². The number of benzene rings is 1. The van der Waals surface area contributed by atoms with E-state index >= 15 is 0 Å². The zero-order valence-corrected chi connectivity index (χ0v) is 9.71. The predicted octanol–water partition coefficient (Wildman–Crippen LogP) is 3.89. The molecule has 1 aromatic heterocycles. The molecule has 1 heterocycles. The summed E-state index contributed by atoms with van der Waals surface area (Å²) in [5.74, 6) is -6.20. The smallest absolute Gasteiger partial charge is 0.202 e. The van der Waals surface area contributed by atoms with Gasteiger partial charge in [-0.1, -0.05) is 42.5 Å². The first-order valence-corrected chi connectivity index (χ1v) is 5.50. The zero-order valence-electron chi connectivity index (χ0n) is 9.71. The van der Waals surface area contributed by atoms with Gasteiger partial charge in [-0.25, -0.2) is 8.78 Å². The topological polar surface area (TPSA) is 12.9 Å². The van der Waals surface area contributed by atoms with E-state index in [0.717, 1.165) is 5.56 Å². The minimum atomic E-state index is -1.64. The highest BCUT2D eigenvalue weighted by Gasteiger charge is 2.19. The predicted molar refractivity (Wildman–Crippen MR) is 63.2 cm³/mol. The maximum Gasteiger partial charge on any atom is 0.252 e. The van der Waals surface area contributed by atoms with Crippen molar-refractivity contribution in [2.45, 2.75) is 6.42 Å². The van der Waals surface area contributed by atoms with Crippen molar-refractivity contribution in [1.29, 1.82) is 0 Å². The second-order valence-electron chi connectivity index (χ2n) is 3.82. The van der Waals surface area contributed by atoms with Crippen molar-refractivity contribution < 1.29 is 17.6 Å². The van der Waals surface area contributed by atoms with E-state index in [9.17, 15) is 17.6 Å². The van der Waals surface area contributed by atoms with Gasteiger partial charge in [0.05, 0.1) is 0 Å². The van der Waals surface area contributed by atoms with Crippen molar-refractivity contribution >= 4 is 6.08 Å². The van der Waals surface area contributed by atoms with Gasteiger partial charge in [-0.15, -0.1) is 0 Å². The van der Waals surface area contributed by atoms with Gasteiger partial charge in [0.15, 0.2) is 11.6 Å². The maximum atomic E-state index is 13.3. The van der Waals surface area contributed by atoms with Crippen LogP contribution in [0.15, 0.2) is 36.4 Å². The third-order valence-electron chi connectivity index (χ3n) is 2.52. The van der Waals surface area contributed by atoms with Crippen molar-refractivity contribution in [3.05, 3.63) is 71.1 Å². The van der Waals surface area contributed by atoms with Crippen LogP contribution in [-0.4, -0.2) is 4.98 Å². The van der Waals surface area contributed by atoms with Crippen LogP contribution in [0.3, 0.4) is 0 Å². The molecule has 1 aromatic carbocycles. The van der Waals surface area contributed by atoms with Crippen molar-refractivity contribution in [1.82, 2.24) is 4.98 Å². The Balaban J connectivity index is 2.23. The van der Waals surface area contributed by atoms with Crippen LogP contribution in [0, 0.1) is 23.5 Å². The lowest BCUT2D eigenvalue weighted by Gasteiger charge is -2.03. The lowest BCUT2D eigenvalue weighted by molar-refractivity contribution is 0.397. The van der Waals surface area contributed by atoms with E-state index in [2.05, 4.69) is 4.98 Å². The molecule has 2 aromatic rings. The molecule has 0 aliphatic heterocycles. The highest BCUT2D eigenvalue weighted by Crippen LogP contribution is 2.18. The summed E-state index contributed by atoms with van der Waals surface area (Å²) in [6.45, 7) is 0. The molecule has 0 radical (unpaired) electrons. The standard InChI is InChI=1S/C14H9F4N/c15-11-10(12(16)14(18)19-13(11)17)8-4-7-9-5-2-1-3-6-9/h1-7H,8H2/b7-4+. The van der Waals surface area contributed by atoms with Gasteiger partial charge < -0.3 is 0 Å². The van der Waals surface area contributed by atoms with Crippen LogP contribution in [0.25, 0.3) is 6.08 Å². The van der Waals surface area contributed by atoms with Crippen molar-refractivity contribution in [3.63, 3.8) is 0 Å². The van der Waals surface area contributed by atoms with Crippen LogP contribution in [0.1, 0.15) is 11.1 Å². The number of pyridine rings is 1. The lowest BCUT2D eigenvalue weighted by Crippen LogP contribution is -2.05. The van der Waals surface area contributed by atoms with E-state index < -0.39 is 29.1 Å². The molecule has 5 heteroatoms. The van der Waals surface area contributed by atoms with Gasteiger partial charge in [0.2, 0.25) is 0 Å². The quantitative estimate of drug-likeness (QED) is 0.607. The minimum absolute atomic E-state index is 0.261. The number of nitrogens with zero attached hydrogens (tertiary/aromatic N) is 1. The molecule has 0 unspecified atom stereocenters. The Hall–Kier alpha value is -2.17. The van der Waals surface area contributed by atoms with Gasteiger partial charge in [-0.2, -0.15) is 13.8 Å². The number of aromatic nitrogens is 1. The first kappa shape index (κ1) is 13.3. The van der Waals surface area contributed by atoms with Gasteiger partial charge in [-0.3, -0.25) is 0 Å². The molecule has 1 nitrogen and oxygen atoms in total. The first-order valence-electron chi connectivity index (χ1n) is 5.50. The third-order valence-corrected chi connectivity index (χ3v) is 2.52. The summed E-state index contributed by atoms with van der Waals surface area (Å²) in [5, 5.41) is 0. The van der Waals surface area contributed by atoms with Gasteiger partial charge >= 0.3 is 0 Å². The van der Waals surface area contributed by atoms with E-state index in [1.54, 1.807) is 30.3 Å². The molecule has 0 saturated heterocycles. The van der Waals surface area contributed by atoms with Crippen LogP contribution in [-0.2, 0) is 6.42 Å². The van der Waals surface area contributed by atoms with Gasteiger partial charge in [-0.05, 0) is 12.0 Å². The number of hydrogen-bond donors (Lipinski definition) is 0. The second kappa shape index (κ2) is 5.65. The molecular weight excluding hydrogens is 258 g/mol. The van der Waals surface area contributed by atoms with Crippen molar-refractivity contribution in [3.8, 4) is 0 Å². The van der Waals surface area contributed by atoms with Crippen molar-refractivity contribution in [2.24, 2.45) is 0 Å². The van der Waals surface area contributed by atoms with Crippen molar-refractivity contribution in [2.75, 3.05) is 0 Å². The fourth-order valence-electron chi connectivity index (χ4n) is 1.59. The molecule has 19 heavy (non-hydrogen) atoms. The van der Waals surface area contributed by atoms with Gasteiger partial charge in [0.25, 0.3) is 11.9 Å². The summed E-state index contributed by atoms with van der Waals surface area (Å²) >= 11 is 0. The Morgan fingerprint density at radius 3 is 2.05 bits per heavy atom. The summed E-state index contributed by atoms with van der Waals surface area (Å²) in [5.41, 5.74) is 0.149. The van der Waals surface area contributed by atoms with E-state index in [0.29, 0.717) is 0 Å². The summed E-state index contributed by atoms with van der Waals surface area (Å²) in [4.78, 5) is 2.49. The largest absolute Gasteiger partial charge is 0.252 e.